The molecule has 0 aromatic carbocycles. The SMILES string of the molecule is CCCCn1c(C)nnc1CC1CCCNCC1. The van der Waals surface area contributed by atoms with Crippen molar-refractivity contribution in [3.05, 3.63) is 11.6 Å². The van der Waals surface area contributed by atoms with Crippen molar-refractivity contribution in [3.63, 3.8) is 0 Å². The molecule has 1 aromatic heterocycles. The Morgan fingerprint density at radius 2 is 2.17 bits per heavy atom. The van der Waals surface area contributed by atoms with Crippen LogP contribution >= 0.6 is 0 Å². The summed E-state index contributed by atoms with van der Waals surface area (Å²) >= 11 is 0. The molecule has 0 radical (unpaired) electrons. The smallest absolute Gasteiger partial charge is 0.133 e. The molecule has 0 bridgehead atoms. The zero-order valence-electron chi connectivity index (χ0n) is 11.8. The minimum Gasteiger partial charge on any atom is -0.317 e. The Hall–Kier alpha value is -0.900. The number of rotatable bonds is 5. The molecule has 2 heterocycles. The minimum absolute atomic E-state index is 0.781. The first-order valence-corrected chi connectivity index (χ1v) is 7.40. The van der Waals surface area contributed by atoms with E-state index in [1.807, 2.05) is 0 Å². The van der Waals surface area contributed by atoms with Crippen LogP contribution in [0.15, 0.2) is 0 Å². The van der Waals surface area contributed by atoms with Crippen LogP contribution < -0.4 is 5.32 Å². The lowest BCUT2D eigenvalue weighted by atomic mass is 9.96. The van der Waals surface area contributed by atoms with Crippen molar-refractivity contribution in [1.29, 1.82) is 0 Å². The van der Waals surface area contributed by atoms with Gasteiger partial charge in [0.15, 0.2) is 0 Å². The van der Waals surface area contributed by atoms with Gasteiger partial charge in [0.2, 0.25) is 0 Å². The lowest BCUT2D eigenvalue weighted by Crippen LogP contribution is -2.15. The maximum Gasteiger partial charge on any atom is 0.133 e. The highest BCUT2D eigenvalue weighted by Crippen LogP contribution is 2.19. The number of hydrogen-bond donors (Lipinski definition) is 1. The Labute approximate surface area is 110 Å². The van der Waals surface area contributed by atoms with E-state index < -0.39 is 0 Å². The largest absolute Gasteiger partial charge is 0.317 e. The third-order valence-electron chi connectivity index (χ3n) is 3.91. The molecular weight excluding hydrogens is 224 g/mol. The Balaban J connectivity index is 1.98. The molecule has 1 saturated heterocycles. The zero-order valence-corrected chi connectivity index (χ0v) is 11.8. The van der Waals surface area contributed by atoms with Crippen molar-refractivity contribution < 1.29 is 0 Å². The van der Waals surface area contributed by atoms with Crippen LogP contribution in [0.5, 0.6) is 0 Å². The highest BCUT2D eigenvalue weighted by molar-refractivity contribution is 4.96. The molecule has 1 N–H and O–H groups in total. The molecule has 0 spiro atoms. The molecule has 1 fully saturated rings. The third-order valence-corrected chi connectivity index (χ3v) is 3.91. The monoisotopic (exact) mass is 250 g/mol. The second-order valence-corrected chi connectivity index (χ2v) is 5.42. The minimum atomic E-state index is 0.781. The number of hydrogen-bond acceptors (Lipinski definition) is 3. The standard InChI is InChI=1S/C14H26N4/c1-3-4-10-18-12(2)16-17-14(18)11-13-6-5-8-15-9-7-13/h13,15H,3-11H2,1-2H3. The second-order valence-electron chi connectivity index (χ2n) is 5.42. The van der Waals surface area contributed by atoms with Gasteiger partial charge in [-0.1, -0.05) is 13.3 Å². The molecule has 1 aliphatic heterocycles. The Morgan fingerprint density at radius 3 is 3.00 bits per heavy atom. The summed E-state index contributed by atoms with van der Waals surface area (Å²) in [6, 6.07) is 0. The van der Waals surface area contributed by atoms with Crippen LogP contribution in [0, 0.1) is 12.8 Å². The summed E-state index contributed by atoms with van der Waals surface area (Å²) in [5.41, 5.74) is 0. The van der Waals surface area contributed by atoms with Crippen molar-refractivity contribution in [2.75, 3.05) is 13.1 Å². The van der Waals surface area contributed by atoms with Crippen LogP contribution in [0.1, 0.15) is 50.7 Å². The summed E-state index contributed by atoms with van der Waals surface area (Å²) in [5, 5.41) is 12.1. The number of aryl methyl sites for hydroxylation is 1. The quantitative estimate of drug-likeness (QED) is 0.872. The van der Waals surface area contributed by atoms with Gasteiger partial charge in [-0.3, -0.25) is 0 Å². The Morgan fingerprint density at radius 1 is 1.28 bits per heavy atom. The van der Waals surface area contributed by atoms with Gasteiger partial charge in [0.05, 0.1) is 0 Å². The number of aromatic nitrogens is 3. The summed E-state index contributed by atoms with van der Waals surface area (Å²) in [6.07, 6.45) is 7.45. The van der Waals surface area contributed by atoms with Gasteiger partial charge in [0, 0.05) is 13.0 Å². The number of nitrogens with zero attached hydrogens (tertiary/aromatic N) is 3. The van der Waals surface area contributed by atoms with Gasteiger partial charge < -0.3 is 9.88 Å². The summed E-state index contributed by atoms with van der Waals surface area (Å²) in [7, 11) is 0. The zero-order chi connectivity index (χ0) is 12.8. The van der Waals surface area contributed by atoms with Crippen LogP contribution in [0.3, 0.4) is 0 Å². The predicted octanol–water partition coefficient (Wildman–Crippen LogP) is 2.32. The fraction of sp³-hybridized carbons (Fsp3) is 0.857. The molecule has 1 aromatic rings. The van der Waals surface area contributed by atoms with Crippen molar-refractivity contribution in [2.45, 2.75) is 58.9 Å². The highest BCUT2D eigenvalue weighted by atomic mass is 15.3. The first-order chi connectivity index (χ1) is 8.81. The second kappa shape index (κ2) is 6.88. The summed E-state index contributed by atoms with van der Waals surface area (Å²) < 4.78 is 2.32. The summed E-state index contributed by atoms with van der Waals surface area (Å²) in [6.45, 7) is 7.72. The fourth-order valence-corrected chi connectivity index (χ4v) is 2.74. The van der Waals surface area contributed by atoms with Crippen molar-refractivity contribution >= 4 is 0 Å². The van der Waals surface area contributed by atoms with Gasteiger partial charge in [-0.05, 0) is 51.6 Å². The molecule has 0 aliphatic carbocycles. The first-order valence-electron chi connectivity index (χ1n) is 7.40. The topological polar surface area (TPSA) is 42.7 Å². The van der Waals surface area contributed by atoms with E-state index in [-0.39, 0.29) is 0 Å². The first kappa shape index (κ1) is 13.5. The molecular formula is C14H26N4. The molecule has 102 valence electrons. The molecule has 1 aliphatic rings. The average molecular weight is 250 g/mol. The molecule has 0 amide bonds. The van der Waals surface area contributed by atoms with Crippen molar-refractivity contribution in [1.82, 2.24) is 20.1 Å². The lowest BCUT2D eigenvalue weighted by Gasteiger charge is -2.14. The van der Waals surface area contributed by atoms with Gasteiger partial charge in [-0.15, -0.1) is 10.2 Å². The van der Waals surface area contributed by atoms with Crippen LogP contribution in [0.4, 0.5) is 0 Å². The van der Waals surface area contributed by atoms with E-state index in [9.17, 15) is 0 Å². The van der Waals surface area contributed by atoms with Gasteiger partial charge in [0.1, 0.15) is 11.6 Å². The van der Waals surface area contributed by atoms with E-state index >= 15 is 0 Å². The van der Waals surface area contributed by atoms with E-state index in [1.165, 1.54) is 44.5 Å². The Bertz CT molecular complexity index is 351. The predicted molar refractivity (Wildman–Crippen MR) is 73.6 cm³/mol. The van der Waals surface area contributed by atoms with Crippen LogP contribution in [0.2, 0.25) is 0 Å². The summed E-state index contributed by atoms with van der Waals surface area (Å²) in [4.78, 5) is 0. The fourth-order valence-electron chi connectivity index (χ4n) is 2.74. The normalized spacial score (nSPS) is 20.9. The molecule has 1 unspecified atom stereocenters. The van der Waals surface area contributed by atoms with Crippen LogP contribution in [0.25, 0.3) is 0 Å². The maximum atomic E-state index is 4.39. The van der Waals surface area contributed by atoms with E-state index in [4.69, 9.17) is 0 Å². The molecule has 18 heavy (non-hydrogen) atoms. The van der Waals surface area contributed by atoms with E-state index in [2.05, 4.69) is 33.9 Å². The van der Waals surface area contributed by atoms with Crippen molar-refractivity contribution in [3.8, 4) is 0 Å². The maximum absolute atomic E-state index is 4.39. The average Bonchev–Trinajstić information content (AvgIpc) is 2.58. The number of nitrogens with one attached hydrogen (secondary N) is 1. The van der Waals surface area contributed by atoms with Gasteiger partial charge in [0.25, 0.3) is 0 Å². The van der Waals surface area contributed by atoms with Crippen LogP contribution in [-0.4, -0.2) is 27.9 Å². The molecule has 4 heteroatoms. The lowest BCUT2D eigenvalue weighted by molar-refractivity contribution is 0.444. The molecule has 2 rings (SSSR count). The van der Waals surface area contributed by atoms with Crippen molar-refractivity contribution in [2.24, 2.45) is 5.92 Å². The van der Waals surface area contributed by atoms with Gasteiger partial charge >= 0.3 is 0 Å². The Kier molecular flexibility index (Phi) is 5.17. The van der Waals surface area contributed by atoms with E-state index in [0.29, 0.717) is 0 Å². The van der Waals surface area contributed by atoms with Gasteiger partial charge in [-0.25, -0.2) is 0 Å². The highest BCUT2D eigenvalue weighted by Gasteiger charge is 2.17. The van der Waals surface area contributed by atoms with E-state index in [1.54, 1.807) is 0 Å². The van der Waals surface area contributed by atoms with Crippen LogP contribution in [-0.2, 0) is 13.0 Å². The molecule has 4 nitrogen and oxygen atoms in total. The third kappa shape index (κ3) is 3.55. The summed E-state index contributed by atoms with van der Waals surface area (Å²) in [5.74, 6) is 3.06. The molecule has 1 atom stereocenters. The number of unbranched alkanes of at least 4 members (excludes halogenated alkanes) is 1. The molecule has 0 saturated carbocycles. The van der Waals surface area contributed by atoms with Gasteiger partial charge in [-0.2, -0.15) is 0 Å². The van der Waals surface area contributed by atoms with E-state index in [0.717, 1.165) is 31.3 Å².